The Morgan fingerprint density at radius 1 is 1.33 bits per heavy atom. The van der Waals surface area contributed by atoms with E-state index in [2.05, 4.69) is 5.32 Å². The number of rotatable bonds is 7. The van der Waals surface area contributed by atoms with Crippen LogP contribution in [0.1, 0.15) is 30.9 Å². The van der Waals surface area contributed by atoms with Crippen molar-refractivity contribution < 1.29 is 14.3 Å². The number of nitrogens with one attached hydrogen (secondary N) is 1. The first-order valence-corrected chi connectivity index (χ1v) is 8.36. The molecule has 24 heavy (non-hydrogen) atoms. The largest absolute Gasteiger partial charge is 0.496 e. The molecule has 1 N–H and O–H groups in total. The molecule has 1 fully saturated rings. The summed E-state index contributed by atoms with van der Waals surface area (Å²) in [6.07, 6.45) is 2.45. The number of amides is 2. The zero-order valence-corrected chi connectivity index (χ0v) is 14.7. The van der Waals surface area contributed by atoms with Crippen molar-refractivity contribution >= 4 is 11.8 Å². The minimum atomic E-state index is -0.119. The Kier molecular flexibility index (Phi) is 6.61. The Balaban J connectivity index is 1.96. The number of likely N-dealkylation sites (N-methyl/N-ethyl adjacent to an activating group) is 1. The highest BCUT2D eigenvalue weighted by Gasteiger charge is 2.22. The molecule has 1 heterocycles. The van der Waals surface area contributed by atoms with Crippen LogP contribution in [-0.4, -0.2) is 62.5 Å². The van der Waals surface area contributed by atoms with Crippen LogP contribution in [0.15, 0.2) is 24.3 Å². The molecule has 1 aliphatic rings. The van der Waals surface area contributed by atoms with Gasteiger partial charge in [0.15, 0.2) is 0 Å². The van der Waals surface area contributed by atoms with Crippen molar-refractivity contribution in [2.45, 2.75) is 25.3 Å². The fourth-order valence-corrected chi connectivity index (χ4v) is 2.98. The van der Waals surface area contributed by atoms with E-state index in [1.54, 1.807) is 12.0 Å². The van der Waals surface area contributed by atoms with Gasteiger partial charge in [-0.1, -0.05) is 18.2 Å². The molecular weight excluding hydrogens is 306 g/mol. The molecule has 0 bridgehead atoms. The van der Waals surface area contributed by atoms with Gasteiger partial charge >= 0.3 is 0 Å². The van der Waals surface area contributed by atoms with Gasteiger partial charge in [-0.25, -0.2) is 0 Å². The highest BCUT2D eigenvalue weighted by atomic mass is 16.5. The van der Waals surface area contributed by atoms with Crippen LogP contribution in [0.4, 0.5) is 0 Å². The molecule has 6 heteroatoms. The molecule has 0 saturated carbocycles. The number of piperidine rings is 1. The molecular formula is C18H27N3O3. The lowest BCUT2D eigenvalue weighted by Gasteiger charge is -2.28. The Bertz CT molecular complexity index is 574. The second kappa shape index (κ2) is 8.68. The van der Waals surface area contributed by atoms with Crippen LogP contribution < -0.4 is 10.1 Å². The zero-order valence-electron chi connectivity index (χ0n) is 14.7. The lowest BCUT2D eigenvalue weighted by molar-refractivity contribution is -0.137. The van der Waals surface area contributed by atoms with Crippen molar-refractivity contribution in [3.8, 4) is 5.75 Å². The molecule has 1 aromatic carbocycles. The van der Waals surface area contributed by atoms with Gasteiger partial charge in [0, 0.05) is 25.1 Å². The minimum Gasteiger partial charge on any atom is -0.496 e. The summed E-state index contributed by atoms with van der Waals surface area (Å²) in [4.78, 5) is 27.7. The summed E-state index contributed by atoms with van der Waals surface area (Å²) in [7, 11) is 5.58. The topological polar surface area (TPSA) is 61.9 Å². The third-order valence-electron chi connectivity index (χ3n) is 4.37. The number of hydrogen-bond donors (Lipinski definition) is 1. The van der Waals surface area contributed by atoms with Gasteiger partial charge < -0.3 is 19.9 Å². The number of likely N-dealkylation sites (tertiary alicyclic amines) is 1. The zero-order chi connectivity index (χ0) is 17.5. The van der Waals surface area contributed by atoms with Crippen molar-refractivity contribution in [3.63, 3.8) is 0 Å². The summed E-state index contributed by atoms with van der Waals surface area (Å²) in [5.74, 6) is 0.758. The molecule has 0 aromatic heterocycles. The van der Waals surface area contributed by atoms with Gasteiger partial charge in [0.05, 0.1) is 19.7 Å². The number of hydrogen-bond acceptors (Lipinski definition) is 4. The normalized spacial score (nSPS) is 16.2. The number of methoxy groups -OCH3 is 1. The lowest BCUT2D eigenvalue weighted by Crippen LogP contribution is -2.44. The monoisotopic (exact) mass is 333 g/mol. The van der Waals surface area contributed by atoms with E-state index in [0.717, 1.165) is 24.2 Å². The smallest absolute Gasteiger partial charge is 0.239 e. The van der Waals surface area contributed by atoms with Crippen LogP contribution in [0.25, 0.3) is 0 Å². The number of ether oxygens (including phenoxy) is 1. The molecule has 0 radical (unpaired) electrons. The van der Waals surface area contributed by atoms with Crippen molar-refractivity contribution in [1.82, 2.24) is 15.1 Å². The Labute approximate surface area is 143 Å². The fraction of sp³-hybridized carbons (Fsp3) is 0.556. The summed E-state index contributed by atoms with van der Waals surface area (Å²) in [5.41, 5.74) is 1.03. The maximum Gasteiger partial charge on any atom is 0.239 e. The maximum atomic E-state index is 12.2. The van der Waals surface area contributed by atoms with Crippen molar-refractivity contribution in [3.05, 3.63) is 29.8 Å². The molecule has 1 aliphatic heterocycles. The summed E-state index contributed by atoms with van der Waals surface area (Å²) in [6.45, 7) is 1.29. The van der Waals surface area contributed by atoms with Crippen molar-refractivity contribution in [2.24, 2.45) is 0 Å². The molecule has 2 amide bonds. The standard InChI is InChI=1S/C18H27N3O3/c1-20(2)15(14-8-4-5-9-16(14)24-3)12-19-17(22)13-21-11-7-6-10-18(21)23/h4-5,8-9,15H,6-7,10-13H2,1-3H3,(H,19,22). The van der Waals surface area contributed by atoms with E-state index in [1.807, 2.05) is 43.3 Å². The highest BCUT2D eigenvalue weighted by Crippen LogP contribution is 2.27. The highest BCUT2D eigenvalue weighted by molar-refractivity contribution is 5.85. The molecule has 1 unspecified atom stereocenters. The summed E-state index contributed by atoms with van der Waals surface area (Å²) in [6, 6.07) is 7.81. The molecule has 0 spiro atoms. The maximum absolute atomic E-state index is 12.2. The third-order valence-corrected chi connectivity index (χ3v) is 4.37. The molecule has 132 valence electrons. The molecule has 1 atom stereocenters. The SMILES string of the molecule is COc1ccccc1C(CNC(=O)CN1CCCCC1=O)N(C)C. The van der Waals surface area contributed by atoms with Gasteiger partial charge in [0.1, 0.15) is 5.75 Å². The Hall–Kier alpha value is -2.08. The van der Waals surface area contributed by atoms with E-state index in [0.29, 0.717) is 19.5 Å². The van der Waals surface area contributed by atoms with Crippen molar-refractivity contribution in [2.75, 3.05) is 40.8 Å². The lowest BCUT2D eigenvalue weighted by atomic mass is 10.0. The van der Waals surface area contributed by atoms with E-state index >= 15 is 0 Å². The van der Waals surface area contributed by atoms with E-state index in [4.69, 9.17) is 4.74 Å². The molecule has 2 rings (SSSR count). The van der Waals surface area contributed by atoms with Gasteiger partial charge in [-0.15, -0.1) is 0 Å². The molecule has 0 aliphatic carbocycles. The second-order valence-electron chi connectivity index (χ2n) is 6.30. The Morgan fingerprint density at radius 2 is 2.08 bits per heavy atom. The molecule has 1 saturated heterocycles. The minimum absolute atomic E-state index is 0.00200. The summed E-state index contributed by atoms with van der Waals surface area (Å²) < 4.78 is 5.43. The van der Waals surface area contributed by atoms with Crippen LogP contribution in [0.5, 0.6) is 5.75 Å². The van der Waals surface area contributed by atoms with Crippen LogP contribution in [-0.2, 0) is 9.59 Å². The number of benzene rings is 1. The fourth-order valence-electron chi connectivity index (χ4n) is 2.98. The number of carbonyl (C=O) groups excluding carboxylic acids is 2. The van der Waals surface area contributed by atoms with E-state index < -0.39 is 0 Å². The first-order valence-electron chi connectivity index (χ1n) is 8.36. The molecule has 6 nitrogen and oxygen atoms in total. The van der Waals surface area contributed by atoms with Gasteiger partial charge in [0.2, 0.25) is 11.8 Å². The molecule has 1 aromatic rings. The predicted octanol–water partition coefficient (Wildman–Crippen LogP) is 1.43. The van der Waals surface area contributed by atoms with Crippen LogP contribution in [0, 0.1) is 0 Å². The summed E-state index contributed by atoms with van der Waals surface area (Å²) >= 11 is 0. The Morgan fingerprint density at radius 3 is 2.75 bits per heavy atom. The third kappa shape index (κ3) is 4.71. The van der Waals surface area contributed by atoms with Gasteiger partial charge in [-0.3, -0.25) is 9.59 Å². The van der Waals surface area contributed by atoms with Crippen molar-refractivity contribution in [1.29, 1.82) is 0 Å². The van der Waals surface area contributed by atoms with E-state index in [9.17, 15) is 9.59 Å². The predicted molar refractivity (Wildman–Crippen MR) is 92.9 cm³/mol. The van der Waals surface area contributed by atoms with Gasteiger partial charge in [-0.05, 0) is 33.0 Å². The average Bonchev–Trinajstić information content (AvgIpc) is 2.57. The first kappa shape index (κ1) is 18.3. The number of para-hydroxylation sites is 1. The number of carbonyl (C=O) groups is 2. The average molecular weight is 333 g/mol. The van der Waals surface area contributed by atoms with E-state index in [-0.39, 0.29) is 24.4 Å². The van der Waals surface area contributed by atoms with Gasteiger partial charge in [0.25, 0.3) is 0 Å². The first-order chi connectivity index (χ1) is 11.5. The van der Waals surface area contributed by atoms with Gasteiger partial charge in [-0.2, -0.15) is 0 Å². The van der Waals surface area contributed by atoms with E-state index in [1.165, 1.54) is 0 Å². The van der Waals surface area contributed by atoms with Crippen LogP contribution in [0.2, 0.25) is 0 Å². The summed E-state index contributed by atoms with van der Waals surface area (Å²) in [5, 5.41) is 2.95. The number of nitrogens with zero attached hydrogens (tertiary/aromatic N) is 2. The van der Waals surface area contributed by atoms with Crippen LogP contribution in [0.3, 0.4) is 0 Å². The second-order valence-corrected chi connectivity index (χ2v) is 6.30. The quantitative estimate of drug-likeness (QED) is 0.820. The van der Waals surface area contributed by atoms with Crippen LogP contribution >= 0.6 is 0 Å².